The molecule has 8 heteroatoms. The van der Waals surface area contributed by atoms with Crippen LogP contribution in [0.4, 0.5) is 13.2 Å². The maximum Gasteiger partial charge on any atom is 0.422 e. The van der Waals surface area contributed by atoms with Gasteiger partial charge in [-0.25, -0.2) is 4.79 Å². The van der Waals surface area contributed by atoms with Crippen molar-refractivity contribution in [2.75, 3.05) is 6.61 Å². The summed E-state index contributed by atoms with van der Waals surface area (Å²) in [5, 5.41) is 0.646. The first kappa shape index (κ1) is 12.2. The van der Waals surface area contributed by atoms with Gasteiger partial charge in [-0.2, -0.15) is 13.2 Å². The Morgan fingerprint density at radius 2 is 1.69 bits per heavy atom. The van der Waals surface area contributed by atoms with E-state index in [0.29, 0.717) is 5.37 Å². The molecule has 0 aromatic carbocycles. The average Bonchev–Trinajstić information content (AvgIpc) is 1.97. The first-order valence-electron chi connectivity index (χ1n) is 3.62. The lowest BCUT2D eigenvalue weighted by molar-refractivity contribution is -0.183. The monoisotopic (exact) mass is 190 g/mol. The van der Waals surface area contributed by atoms with Gasteiger partial charge in [0.05, 0.1) is 0 Å². The molecule has 0 atom stereocenters. The smallest absolute Gasteiger partial charge is 0.422 e. The number of hydrogen-bond acceptors (Lipinski definition) is 2. The van der Waals surface area contributed by atoms with Gasteiger partial charge in [0.15, 0.2) is 6.61 Å². The van der Waals surface area contributed by atoms with Crippen LogP contribution in [0.25, 0.3) is 0 Å². The highest BCUT2D eigenvalue weighted by Gasteiger charge is 2.29. The number of alkyl halides is 3. The summed E-state index contributed by atoms with van der Waals surface area (Å²) < 4.78 is 38.8. The van der Waals surface area contributed by atoms with Crippen LogP contribution in [0, 0.1) is 0 Å². The molecule has 13 heavy (non-hydrogen) atoms. The zero-order valence-corrected chi connectivity index (χ0v) is 7.66. The molecule has 70 valence electrons. The number of carbonyl (C=O) groups is 1. The van der Waals surface area contributed by atoms with Crippen LogP contribution in [-0.4, -0.2) is 42.3 Å². The van der Waals surface area contributed by atoms with Crippen LogP contribution in [-0.2, 0) is 9.53 Å². The quantitative estimate of drug-likeness (QED) is 0.290. The summed E-state index contributed by atoms with van der Waals surface area (Å²) in [4.78, 5) is 10.9. The van der Waals surface area contributed by atoms with E-state index in [-0.39, 0.29) is 5.47 Å². The third kappa shape index (κ3) is 5.44. The minimum absolute atomic E-state index is 0.212. The number of rotatable bonds is 2. The van der Waals surface area contributed by atoms with E-state index in [4.69, 9.17) is 0 Å². The molecule has 0 heterocycles. The molecule has 2 nitrogen and oxygen atoms in total. The highest BCUT2D eigenvalue weighted by Crippen LogP contribution is 2.15. The van der Waals surface area contributed by atoms with Crippen molar-refractivity contribution < 1.29 is 22.7 Å². The van der Waals surface area contributed by atoms with Gasteiger partial charge in [-0.3, -0.25) is 0 Å². The molecule has 0 aromatic rings. The molecule has 0 rings (SSSR count). The van der Waals surface area contributed by atoms with Crippen molar-refractivity contribution in [2.24, 2.45) is 0 Å². The lowest BCUT2D eigenvalue weighted by Gasteiger charge is -2.08. The van der Waals surface area contributed by atoms with Crippen molar-refractivity contribution in [1.29, 1.82) is 0 Å². The SMILES string of the molecule is BC(B)=C(B)C(=O)OCC(F)(F)F. The van der Waals surface area contributed by atoms with Crippen LogP contribution >= 0.6 is 0 Å². The summed E-state index contributed by atoms with van der Waals surface area (Å²) in [7, 11) is 4.68. The van der Waals surface area contributed by atoms with E-state index < -0.39 is 18.8 Å². The molecule has 0 saturated heterocycles. The maximum absolute atomic E-state index is 11.6. The van der Waals surface area contributed by atoms with Gasteiger partial charge < -0.3 is 4.74 Å². The summed E-state index contributed by atoms with van der Waals surface area (Å²) in [6, 6.07) is 0. The largest absolute Gasteiger partial charge is 0.453 e. The van der Waals surface area contributed by atoms with Crippen molar-refractivity contribution in [1.82, 2.24) is 0 Å². The van der Waals surface area contributed by atoms with Crippen LogP contribution in [0.5, 0.6) is 0 Å². The first-order valence-corrected chi connectivity index (χ1v) is 3.62. The van der Waals surface area contributed by atoms with Gasteiger partial charge in [0.1, 0.15) is 23.5 Å². The van der Waals surface area contributed by atoms with Crippen molar-refractivity contribution in [3.63, 3.8) is 0 Å². The van der Waals surface area contributed by atoms with E-state index in [2.05, 4.69) is 4.74 Å². The van der Waals surface area contributed by atoms with Crippen LogP contribution in [0.2, 0.25) is 0 Å². The lowest BCUT2D eigenvalue weighted by atomic mass is 9.69. The molecule has 0 aliphatic rings. The van der Waals surface area contributed by atoms with E-state index in [1.165, 1.54) is 7.85 Å². The highest BCUT2D eigenvalue weighted by molar-refractivity contribution is 6.55. The van der Waals surface area contributed by atoms with Crippen LogP contribution in [0.15, 0.2) is 10.8 Å². The van der Waals surface area contributed by atoms with Crippen molar-refractivity contribution in [3.05, 3.63) is 10.8 Å². The third-order valence-electron chi connectivity index (χ3n) is 1.42. The van der Waals surface area contributed by atoms with Gasteiger partial charge in [0.25, 0.3) is 0 Å². The Morgan fingerprint density at radius 3 is 2.00 bits per heavy atom. The van der Waals surface area contributed by atoms with E-state index in [9.17, 15) is 18.0 Å². The number of carbonyl (C=O) groups excluding carboxylic acids is 1. The Balaban J connectivity index is 4.12. The van der Waals surface area contributed by atoms with Crippen molar-refractivity contribution >= 4 is 29.5 Å². The van der Waals surface area contributed by atoms with Crippen molar-refractivity contribution in [3.8, 4) is 0 Å². The van der Waals surface area contributed by atoms with E-state index in [1.807, 2.05) is 0 Å². The third-order valence-corrected chi connectivity index (χ3v) is 1.42. The number of halogens is 3. The van der Waals surface area contributed by atoms with Crippen LogP contribution < -0.4 is 0 Å². The van der Waals surface area contributed by atoms with Gasteiger partial charge >= 0.3 is 12.1 Å². The van der Waals surface area contributed by atoms with E-state index in [1.54, 1.807) is 15.7 Å². The number of esters is 1. The number of ether oxygens (including phenoxy) is 1. The van der Waals surface area contributed by atoms with Crippen LogP contribution in [0.3, 0.4) is 0 Å². The molecule has 0 spiro atoms. The van der Waals surface area contributed by atoms with Gasteiger partial charge in [0.2, 0.25) is 0 Å². The van der Waals surface area contributed by atoms with E-state index in [0.717, 1.165) is 0 Å². The molecule has 0 bridgehead atoms. The average molecular weight is 190 g/mol. The second kappa shape index (κ2) is 4.44. The summed E-state index contributed by atoms with van der Waals surface area (Å²) in [6.07, 6.45) is -4.46. The highest BCUT2D eigenvalue weighted by atomic mass is 19.4. The Labute approximate surface area is 76.7 Å². The fraction of sp³-hybridized carbons (Fsp3) is 0.400. The molecule has 0 aromatic heterocycles. The predicted molar refractivity (Wildman–Crippen MR) is 49.7 cm³/mol. The molecule has 0 saturated carbocycles. The predicted octanol–water partition coefficient (Wildman–Crippen LogP) is -1.84. The fourth-order valence-electron chi connectivity index (χ4n) is 0.460. The Hall–Kier alpha value is -0.805. The maximum atomic E-state index is 11.6. The molecule has 0 unspecified atom stereocenters. The van der Waals surface area contributed by atoms with Crippen molar-refractivity contribution in [2.45, 2.75) is 6.18 Å². The molecular weight excluding hydrogens is 181 g/mol. The normalized spacial score (nSPS) is 10.7. The minimum Gasteiger partial charge on any atom is -0.453 e. The Kier molecular flexibility index (Phi) is 4.16. The summed E-state index contributed by atoms with van der Waals surface area (Å²) in [6.45, 7) is -1.53. The molecular formula is C5H8B3F3O2. The Morgan fingerprint density at radius 1 is 1.23 bits per heavy atom. The minimum atomic E-state index is -4.46. The van der Waals surface area contributed by atoms with Gasteiger partial charge in [-0.05, 0) is 5.47 Å². The number of hydrogen-bond donors (Lipinski definition) is 0. The zero-order valence-electron chi connectivity index (χ0n) is 7.66. The summed E-state index contributed by atoms with van der Waals surface area (Å²) in [5.74, 6) is -0.919. The first-order chi connectivity index (χ1) is 5.74. The molecule has 0 N–H and O–H groups in total. The summed E-state index contributed by atoms with van der Waals surface area (Å²) in [5.41, 5.74) is 0.212. The van der Waals surface area contributed by atoms with Gasteiger partial charge in [0, 0.05) is 0 Å². The molecule has 0 amide bonds. The second-order valence-electron chi connectivity index (χ2n) is 2.82. The molecule has 0 radical (unpaired) electrons. The van der Waals surface area contributed by atoms with Gasteiger partial charge in [-0.15, -0.1) is 5.37 Å². The lowest BCUT2D eigenvalue weighted by Crippen LogP contribution is -2.22. The standard InChI is InChI=1S/C5H8B3F3O2/c6-2(3(7)8)4(12)13-1-5(9,10)11/h1,6-8H2. The topological polar surface area (TPSA) is 26.3 Å². The molecule has 0 fully saturated rings. The van der Waals surface area contributed by atoms with Crippen LogP contribution in [0.1, 0.15) is 0 Å². The second-order valence-corrected chi connectivity index (χ2v) is 2.82. The fourth-order valence-corrected chi connectivity index (χ4v) is 0.460. The van der Waals surface area contributed by atoms with Gasteiger partial charge in [-0.1, -0.05) is 0 Å². The Bertz CT molecular complexity index is 232. The zero-order chi connectivity index (χ0) is 10.6. The summed E-state index contributed by atoms with van der Waals surface area (Å²) >= 11 is 0. The molecule has 0 aliphatic heterocycles. The van der Waals surface area contributed by atoms with E-state index >= 15 is 0 Å². The molecule has 0 aliphatic carbocycles.